The Morgan fingerprint density at radius 1 is 1.02 bits per heavy atom. The maximum atomic E-state index is 13.9. The molecule has 5 aliphatic rings. The molecule has 1 heterocycles. The number of nitrogens with one attached hydrogen (secondary N) is 1. The Hall–Kier alpha value is -1.79. The lowest BCUT2D eigenvalue weighted by atomic mass is 9.34. The second kappa shape index (κ2) is 10.1. The van der Waals surface area contributed by atoms with Crippen LogP contribution >= 0.6 is 0 Å². The molecule has 8 atom stereocenters. The molecule has 6 rings (SSSR count). The molecule has 0 aromatic carbocycles. The zero-order valence-corrected chi connectivity index (χ0v) is 27.4. The SMILES string of the molecule is CCC/C=C1\CC2C(C)(CCC3C(C)(C)c4oncc4CC32C)C2CCC3(C(=O)NCC(F)(F)F)CCC(C)(C)CC3C12. The number of rotatable bonds is 4. The van der Waals surface area contributed by atoms with Crippen molar-refractivity contribution in [2.24, 2.45) is 51.2 Å². The number of allylic oxidation sites excluding steroid dienone is 2. The summed E-state index contributed by atoms with van der Waals surface area (Å²) < 4.78 is 45.8. The molecule has 0 bridgehead atoms. The molecule has 43 heavy (non-hydrogen) atoms. The van der Waals surface area contributed by atoms with Gasteiger partial charge in [-0.3, -0.25) is 4.79 Å². The number of halogens is 3. The average Bonchev–Trinajstić information content (AvgIpc) is 3.38. The Bertz CT molecular complexity index is 1280. The van der Waals surface area contributed by atoms with E-state index in [9.17, 15) is 18.0 Å². The fraction of sp³-hybridized carbons (Fsp3) is 0.833. The van der Waals surface area contributed by atoms with Gasteiger partial charge in [-0.2, -0.15) is 13.2 Å². The number of carbonyl (C=O) groups is 1. The minimum atomic E-state index is -4.41. The number of nitrogens with zero attached hydrogens (tertiary/aromatic N) is 1. The summed E-state index contributed by atoms with van der Waals surface area (Å²) in [6.07, 6.45) is 10.5. The second-order valence-corrected chi connectivity index (χ2v) is 17.1. The molecule has 4 nitrogen and oxygen atoms in total. The number of hydrogen-bond donors (Lipinski definition) is 1. The maximum absolute atomic E-state index is 13.9. The molecule has 4 saturated carbocycles. The predicted molar refractivity (Wildman–Crippen MR) is 162 cm³/mol. The third-order valence-electron chi connectivity index (χ3n) is 13.8. The molecule has 240 valence electrons. The molecule has 1 aromatic rings. The molecule has 1 amide bonds. The van der Waals surface area contributed by atoms with Crippen LogP contribution in [0.15, 0.2) is 22.4 Å². The molecule has 8 unspecified atom stereocenters. The number of amides is 1. The van der Waals surface area contributed by atoms with Crippen molar-refractivity contribution >= 4 is 5.91 Å². The van der Waals surface area contributed by atoms with Gasteiger partial charge in [-0.05, 0) is 110 Å². The number of unbranched alkanes of at least 4 members (excludes halogenated alkanes) is 1. The van der Waals surface area contributed by atoms with Gasteiger partial charge in [-0.25, -0.2) is 0 Å². The Balaban J connectivity index is 1.43. The van der Waals surface area contributed by atoms with Crippen LogP contribution in [0.3, 0.4) is 0 Å². The normalized spacial score (nSPS) is 42.2. The van der Waals surface area contributed by atoms with Crippen molar-refractivity contribution in [1.29, 1.82) is 0 Å². The smallest absolute Gasteiger partial charge is 0.361 e. The highest BCUT2D eigenvalue weighted by Gasteiger charge is 2.68. The van der Waals surface area contributed by atoms with E-state index >= 15 is 0 Å². The van der Waals surface area contributed by atoms with Crippen molar-refractivity contribution in [2.45, 2.75) is 131 Å². The fourth-order valence-corrected chi connectivity index (χ4v) is 12.0. The first-order valence-electron chi connectivity index (χ1n) is 17.0. The number of hydrogen-bond acceptors (Lipinski definition) is 3. The third kappa shape index (κ3) is 4.75. The summed E-state index contributed by atoms with van der Waals surface area (Å²) in [6.45, 7) is 15.4. The van der Waals surface area contributed by atoms with E-state index in [0.717, 1.165) is 63.5 Å². The topological polar surface area (TPSA) is 55.1 Å². The Kier molecular flexibility index (Phi) is 7.33. The van der Waals surface area contributed by atoms with Gasteiger partial charge in [-0.15, -0.1) is 0 Å². The summed E-state index contributed by atoms with van der Waals surface area (Å²) in [4.78, 5) is 13.9. The minimum absolute atomic E-state index is 0.0652. The van der Waals surface area contributed by atoms with Crippen LogP contribution in [0, 0.1) is 51.2 Å². The zero-order chi connectivity index (χ0) is 31.2. The maximum Gasteiger partial charge on any atom is 0.405 e. The van der Waals surface area contributed by atoms with Gasteiger partial charge in [0.25, 0.3) is 0 Å². The van der Waals surface area contributed by atoms with Crippen LogP contribution in [0.2, 0.25) is 0 Å². The molecule has 0 saturated heterocycles. The van der Waals surface area contributed by atoms with E-state index in [1.54, 1.807) is 0 Å². The molecular formula is C36H53F3N2O2. The first-order valence-corrected chi connectivity index (χ1v) is 17.0. The molecule has 0 spiro atoms. The molecule has 7 heteroatoms. The fourth-order valence-electron chi connectivity index (χ4n) is 12.0. The van der Waals surface area contributed by atoms with Crippen molar-refractivity contribution in [1.82, 2.24) is 10.5 Å². The van der Waals surface area contributed by atoms with Gasteiger partial charge in [0.2, 0.25) is 5.91 Å². The highest BCUT2D eigenvalue weighted by atomic mass is 19.4. The van der Waals surface area contributed by atoms with Gasteiger partial charge >= 0.3 is 6.18 Å². The van der Waals surface area contributed by atoms with E-state index in [1.165, 1.54) is 11.1 Å². The van der Waals surface area contributed by atoms with Crippen LogP contribution in [-0.2, 0) is 16.6 Å². The van der Waals surface area contributed by atoms with Gasteiger partial charge in [-0.1, -0.05) is 71.7 Å². The summed E-state index contributed by atoms with van der Waals surface area (Å²) in [5.41, 5.74) is 2.22. The van der Waals surface area contributed by atoms with Gasteiger partial charge in [0.15, 0.2) is 0 Å². The molecule has 1 N–H and O–H groups in total. The first kappa shape index (κ1) is 31.2. The van der Waals surface area contributed by atoms with Gasteiger partial charge in [0, 0.05) is 11.0 Å². The standard InChI is InChI=1S/C36H53F3N2O2/c1-8-9-10-22-17-27-33(6,13-12-26-32(4,5)29-23(20-41-43-29)18-34(26,27)7)24-11-14-35(30(42)40-21-36(37,38)39)16-15-31(2,3)19-25(35)28(22)24/h10,20,24-28H,8-9,11-19,21H2,1-7H3,(H,40,42)/b22-10+. The highest BCUT2D eigenvalue weighted by molar-refractivity contribution is 5.83. The predicted octanol–water partition coefficient (Wildman–Crippen LogP) is 9.19. The van der Waals surface area contributed by atoms with Crippen molar-refractivity contribution in [3.63, 3.8) is 0 Å². The van der Waals surface area contributed by atoms with Crippen molar-refractivity contribution < 1.29 is 22.5 Å². The Morgan fingerprint density at radius 2 is 1.77 bits per heavy atom. The molecule has 5 aliphatic carbocycles. The van der Waals surface area contributed by atoms with Gasteiger partial charge < -0.3 is 9.84 Å². The van der Waals surface area contributed by atoms with Crippen molar-refractivity contribution in [3.05, 3.63) is 29.2 Å². The lowest BCUT2D eigenvalue weighted by molar-refractivity contribution is -0.184. The quantitative estimate of drug-likeness (QED) is 0.350. The van der Waals surface area contributed by atoms with Gasteiger partial charge in [0.1, 0.15) is 12.3 Å². The van der Waals surface area contributed by atoms with E-state index in [2.05, 4.69) is 65.0 Å². The highest BCUT2D eigenvalue weighted by Crippen LogP contribution is 2.73. The van der Waals surface area contributed by atoms with E-state index in [4.69, 9.17) is 4.52 Å². The molecule has 1 aromatic heterocycles. The Labute approximate surface area is 256 Å². The molecule has 4 fully saturated rings. The third-order valence-corrected chi connectivity index (χ3v) is 13.8. The van der Waals surface area contributed by atoms with E-state index < -0.39 is 18.1 Å². The summed E-state index contributed by atoms with van der Waals surface area (Å²) >= 11 is 0. The van der Waals surface area contributed by atoms with Crippen LogP contribution < -0.4 is 5.32 Å². The Morgan fingerprint density at radius 3 is 2.47 bits per heavy atom. The summed E-state index contributed by atoms with van der Waals surface area (Å²) in [5, 5.41) is 6.64. The molecule has 0 radical (unpaired) electrons. The van der Waals surface area contributed by atoms with Crippen LogP contribution in [0.1, 0.15) is 124 Å². The van der Waals surface area contributed by atoms with E-state index in [-0.39, 0.29) is 39.4 Å². The number of aromatic nitrogens is 1. The summed E-state index contributed by atoms with van der Waals surface area (Å²) in [6, 6.07) is 0. The monoisotopic (exact) mass is 602 g/mol. The molecular weight excluding hydrogens is 549 g/mol. The van der Waals surface area contributed by atoms with Crippen LogP contribution in [0.5, 0.6) is 0 Å². The summed E-state index contributed by atoms with van der Waals surface area (Å²) in [5.74, 6) is 2.45. The van der Waals surface area contributed by atoms with Crippen LogP contribution in [-0.4, -0.2) is 23.8 Å². The number of fused-ring (bicyclic) bond motifs is 8. The average molecular weight is 603 g/mol. The van der Waals surface area contributed by atoms with Crippen molar-refractivity contribution in [3.8, 4) is 0 Å². The minimum Gasteiger partial charge on any atom is -0.361 e. The first-order chi connectivity index (χ1) is 20.0. The van der Waals surface area contributed by atoms with E-state index in [0.29, 0.717) is 30.6 Å². The zero-order valence-electron chi connectivity index (χ0n) is 27.4. The van der Waals surface area contributed by atoms with Crippen molar-refractivity contribution in [2.75, 3.05) is 6.54 Å². The summed E-state index contributed by atoms with van der Waals surface area (Å²) in [7, 11) is 0. The van der Waals surface area contributed by atoms with E-state index in [1.807, 2.05) is 6.20 Å². The lowest BCUT2D eigenvalue weighted by Crippen LogP contribution is -2.65. The largest absolute Gasteiger partial charge is 0.405 e. The number of carbonyl (C=O) groups excluding carboxylic acids is 1. The molecule has 0 aliphatic heterocycles. The second-order valence-electron chi connectivity index (χ2n) is 17.1. The van der Waals surface area contributed by atoms with Crippen LogP contribution in [0.25, 0.3) is 0 Å². The number of alkyl halides is 3. The lowest BCUT2D eigenvalue weighted by Gasteiger charge is -2.69. The van der Waals surface area contributed by atoms with Gasteiger partial charge in [0.05, 0.1) is 11.6 Å². The van der Waals surface area contributed by atoms with Crippen LogP contribution in [0.4, 0.5) is 13.2 Å².